The lowest BCUT2D eigenvalue weighted by atomic mass is 10.2. The third kappa shape index (κ3) is 2.63. The molecule has 1 aromatic carbocycles. The predicted octanol–water partition coefficient (Wildman–Crippen LogP) is 2.87. The monoisotopic (exact) mass is 219 g/mol. The predicted molar refractivity (Wildman–Crippen MR) is 60.1 cm³/mol. The van der Waals surface area contributed by atoms with Gasteiger partial charge in [0.1, 0.15) is 17.8 Å². The molecule has 84 valence electrons. The maximum absolute atomic E-state index is 9.46. The van der Waals surface area contributed by atoms with E-state index in [0.29, 0.717) is 11.6 Å². The second-order valence-electron chi connectivity index (χ2n) is 3.00. The van der Waals surface area contributed by atoms with Gasteiger partial charge in [-0.15, -0.1) is 10.2 Å². The lowest BCUT2D eigenvalue weighted by Crippen LogP contribution is -1.72. The van der Waals surface area contributed by atoms with Crippen LogP contribution in [0, 0.1) is 6.92 Å². The Morgan fingerprint density at radius 3 is 2.81 bits per heavy atom. The fourth-order valence-corrected chi connectivity index (χ4v) is 1.06. The smallest absolute Gasteiger partial charge is 0.264 e. The molecule has 0 saturated heterocycles. The molecule has 0 atom stereocenters. The van der Waals surface area contributed by atoms with Gasteiger partial charge in [-0.05, 0) is 24.6 Å². The van der Waals surface area contributed by atoms with Gasteiger partial charge in [-0.3, -0.25) is 0 Å². The molecule has 0 aliphatic carbocycles. The summed E-state index contributed by atoms with van der Waals surface area (Å²) < 4.78 is 0. The second-order valence-corrected chi connectivity index (χ2v) is 3.00. The first-order valence-corrected chi connectivity index (χ1v) is 4.32. The quantitative estimate of drug-likeness (QED) is 0.761. The molecule has 2 N–H and O–H groups in total. The fourth-order valence-electron chi connectivity index (χ4n) is 1.06. The normalized spacial score (nSPS) is 10.3. The van der Waals surface area contributed by atoms with Crippen LogP contribution < -0.4 is 0 Å². The molecule has 0 amide bonds. The summed E-state index contributed by atoms with van der Waals surface area (Å²) in [4.78, 5) is 3.77. The summed E-state index contributed by atoms with van der Waals surface area (Å²) in [5.74, 6) is 0.389. The summed E-state index contributed by atoms with van der Waals surface area (Å²) >= 11 is 0. The molecular formula is C10H13N5O. The number of aryl methyl sites for hydroxylation is 1. The van der Waals surface area contributed by atoms with Crippen molar-refractivity contribution >= 4 is 11.6 Å². The van der Waals surface area contributed by atoms with Gasteiger partial charge in [0.05, 0.1) is 0 Å². The van der Waals surface area contributed by atoms with Crippen LogP contribution in [0.25, 0.3) is 0 Å². The van der Waals surface area contributed by atoms with Crippen molar-refractivity contribution in [3.8, 4) is 5.75 Å². The first-order valence-electron chi connectivity index (χ1n) is 4.32. The van der Waals surface area contributed by atoms with Crippen LogP contribution in [0.1, 0.15) is 13.0 Å². The molecule has 0 bridgehead atoms. The first kappa shape index (κ1) is 11.8. The number of phenolic OH excluding ortho intramolecular Hbond substituents is 1. The van der Waals surface area contributed by atoms with Gasteiger partial charge in [0.15, 0.2) is 0 Å². The van der Waals surface area contributed by atoms with Crippen LogP contribution in [-0.2, 0) is 0 Å². The molecule has 0 unspecified atom stereocenters. The number of hydrogen-bond acceptors (Lipinski definition) is 5. The third-order valence-electron chi connectivity index (χ3n) is 1.79. The van der Waals surface area contributed by atoms with Crippen LogP contribution in [0.2, 0.25) is 0 Å². The highest BCUT2D eigenvalue weighted by molar-refractivity contribution is 5.52. The molecule has 6 nitrogen and oxygen atoms in total. The van der Waals surface area contributed by atoms with Crippen LogP contribution in [0.15, 0.2) is 34.8 Å². The average molecular weight is 219 g/mol. The van der Waals surface area contributed by atoms with E-state index in [1.807, 2.05) is 6.92 Å². The Kier molecular flexibility index (Phi) is 3.71. The lowest BCUT2D eigenvalue weighted by Gasteiger charge is -1.97. The van der Waals surface area contributed by atoms with Crippen molar-refractivity contribution in [2.24, 2.45) is 10.2 Å². The molecule has 0 spiro atoms. The van der Waals surface area contributed by atoms with Crippen LogP contribution >= 0.6 is 0 Å². The minimum Gasteiger partial charge on any atom is -0.506 e. The van der Waals surface area contributed by atoms with Gasteiger partial charge in [0, 0.05) is 0 Å². The van der Waals surface area contributed by atoms with Crippen molar-refractivity contribution < 1.29 is 5.11 Å². The van der Waals surface area contributed by atoms with Gasteiger partial charge in [-0.25, -0.2) is 5.10 Å². The van der Waals surface area contributed by atoms with Gasteiger partial charge >= 0.3 is 0 Å². The largest absolute Gasteiger partial charge is 0.506 e. The average Bonchev–Trinajstić information content (AvgIpc) is 2.72. The van der Waals surface area contributed by atoms with Crippen molar-refractivity contribution in [2.45, 2.75) is 14.4 Å². The number of H-pyrrole nitrogens is 1. The van der Waals surface area contributed by atoms with Crippen molar-refractivity contribution in [3.05, 3.63) is 30.1 Å². The first-order chi connectivity index (χ1) is 7.25. The number of aromatic nitrogens is 3. The van der Waals surface area contributed by atoms with E-state index >= 15 is 0 Å². The number of nitrogens with zero attached hydrogens (tertiary/aromatic N) is 4. The third-order valence-corrected chi connectivity index (χ3v) is 1.79. The summed E-state index contributed by atoms with van der Waals surface area (Å²) in [6.45, 7) is 1.91. The number of phenols is 1. The summed E-state index contributed by atoms with van der Waals surface area (Å²) in [7, 11) is 0. The van der Waals surface area contributed by atoms with E-state index in [2.05, 4.69) is 25.4 Å². The molecule has 0 aliphatic heterocycles. The summed E-state index contributed by atoms with van der Waals surface area (Å²) in [5.41, 5.74) is 1.41. The number of aromatic amines is 1. The molecule has 0 radical (unpaired) electrons. The summed E-state index contributed by atoms with van der Waals surface area (Å²) in [6, 6.07) is 5.10. The van der Waals surface area contributed by atoms with E-state index in [4.69, 9.17) is 0 Å². The molecule has 16 heavy (non-hydrogen) atoms. The molecule has 1 heterocycles. The maximum atomic E-state index is 9.46. The highest BCUT2D eigenvalue weighted by atomic mass is 16.3. The number of nitrogens with one attached hydrogen (secondary N) is 1. The lowest BCUT2D eigenvalue weighted by molar-refractivity contribution is 0.476. The second kappa shape index (κ2) is 5.01. The highest BCUT2D eigenvalue weighted by Gasteiger charge is 1.99. The Labute approximate surface area is 93.1 Å². The Bertz CT molecular complexity index is 478. The summed E-state index contributed by atoms with van der Waals surface area (Å²) in [5, 5.41) is 23.2. The Hall–Kier alpha value is -2.24. The van der Waals surface area contributed by atoms with Gasteiger partial charge in [0.2, 0.25) is 0 Å². The van der Waals surface area contributed by atoms with E-state index in [1.165, 1.54) is 6.33 Å². The van der Waals surface area contributed by atoms with Gasteiger partial charge in [-0.1, -0.05) is 13.5 Å². The van der Waals surface area contributed by atoms with Crippen LogP contribution in [0.4, 0.5) is 11.6 Å². The van der Waals surface area contributed by atoms with E-state index in [-0.39, 0.29) is 13.2 Å². The van der Waals surface area contributed by atoms with Crippen LogP contribution in [0.5, 0.6) is 5.75 Å². The molecule has 2 rings (SSSR count). The minimum atomic E-state index is 0. The topological polar surface area (TPSA) is 86.5 Å². The zero-order chi connectivity index (χ0) is 10.7. The number of hydrogen-bond donors (Lipinski definition) is 2. The van der Waals surface area contributed by atoms with Crippen molar-refractivity contribution in [3.63, 3.8) is 0 Å². The van der Waals surface area contributed by atoms with Gasteiger partial charge < -0.3 is 5.11 Å². The minimum absolute atomic E-state index is 0. The molecule has 0 fully saturated rings. The molecule has 0 aliphatic rings. The van der Waals surface area contributed by atoms with E-state index in [9.17, 15) is 5.11 Å². The highest BCUT2D eigenvalue weighted by Crippen LogP contribution is 2.27. The zero-order valence-electron chi connectivity index (χ0n) is 8.05. The number of azo groups is 1. The van der Waals surface area contributed by atoms with E-state index < -0.39 is 0 Å². The zero-order valence-corrected chi connectivity index (χ0v) is 8.05. The van der Waals surface area contributed by atoms with Crippen molar-refractivity contribution in [1.82, 2.24) is 15.2 Å². The maximum Gasteiger partial charge on any atom is 0.264 e. The van der Waals surface area contributed by atoms with Gasteiger partial charge in [-0.2, -0.15) is 10.1 Å². The summed E-state index contributed by atoms with van der Waals surface area (Å²) in [6.07, 6.45) is 1.34. The van der Waals surface area contributed by atoms with Gasteiger partial charge in [0.25, 0.3) is 5.95 Å². The Balaban J connectivity index is 0.00000128. The fraction of sp³-hybridized carbons (Fsp3) is 0.200. The molecule has 1 aromatic heterocycles. The Morgan fingerprint density at radius 2 is 2.12 bits per heavy atom. The molecule has 6 heteroatoms. The van der Waals surface area contributed by atoms with Crippen LogP contribution in [-0.4, -0.2) is 20.3 Å². The number of aromatic hydroxyl groups is 1. The van der Waals surface area contributed by atoms with Crippen molar-refractivity contribution in [1.29, 1.82) is 0 Å². The SMILES string of the molecule is C.Cc1ccc(O)c(N=Nc2ncn[nH]2)c1. The standard InChI is InChI=1S/C9H9N5O.CH4/c1-6-2-3-8(15)7(4-6)12-14-9-10-5-11-13-9;/h2-5,15H,1H3,(H,10,11,13);1H4. The Morgan fingerprint density at radius 1 is 1.31 bits per heavy atom. The van der Waals surface area contributed by atoms with E-state index in [1.54, 1.807) is 18.2 Å². The molecule has 2 aromatic rings. The van der Waals surface area contributed by atoms with Crippen LogP contribution in [0.3, 0.4) is 0 Å². The number of benzene rings is 1. The molecule has 0 saturated carbocycles. The van der Waals surface area contributed by atoms with E-state index in [0.717, 1.165) is 5.56 Å². The molecular weight excluding hydrogens is 206 g/mol. The van der Waals surface area contributed by atoms with Crippen molar-refractivity contribution in [2.75, 3.05) is 0 Å². The number of rotatable bonds is 2.